The van der Waals surface area contributed by atoms with Crippen molar-refractivity contribution in [3.8, 4) is 23.0 Å². The molecule has 1 amide bonds. The lowest BCUT2D eigenvalue weighted by molar-refractivity contribution is -0.127. The number of nitrogens with zero attached hydrogens (tertiary/aromatic N) is 2. The summed E-state index contributed by atoms with van der Waals surface area (Å²) in [7, 11) is 1.65. The van der Waals surface area contributed by atoms with Crippen LogP contribution < -0.4 is 18.9 Å². The van der Waals surface area contributed by atoms with Gasteiger partial charge in [-0.1, -0.05) is 24.3 Å². The van der Waals surface area contributed by atoms with E-state index in [0.717, 1.165) is 59.3 Å². The molecular weight excluding hydrogens is 468 g/mol. The lowest BCUT2D eigenvalue weighted by Gasteiger charge is -2.34. The van der Waals surface area contributed by atoms with Crippen LogP contribution in [0.15, 0.2) is 66.7 Å². The molecule has 7 nitrogen and oxygen atoms in total. The Morgan fingerprint density at radius 1 is 0.973 bits per heavy atom. The van der Waals surface area contributed by atoms with Gasteiger partial charge in [0.1, 0.15) is 18.1 Å². The maximum absolute atomic E-state index is 12.9. The van der Waals surface area contributed by atoms with E-state index in [2.05, 4.69) is 11.0 Å². The molecule has 0 saturated carbocycles. The summed E-state index contributed by atoms with van der Waals surface area (Å²) in [5.74, 6) is 3.20. The first-order chi connectivity index (χ1) is 18.1. The molecule has 0 spiro atoms. The third kappa shape index (κ3) is 6.24. The molecule has 3 aromatic rings. The van der Waals surface area contributed by atoms with Crippen molar-refractivity contribution >= 4 is 12.0 Å². The van der Waals surface area contributed by atoms with E-state index in [1.54, 1.807) is 13.2 Å². The highest BCUT2D eigenvalue weighted by Gasteiger charge is 2.21. The number of methoxy groups -OCH3 is 1. The fraction of sp³-hybridized carbons (Fsp3) is 0.300. The molecule has 2 aliphatic heterocycles. The number of hydrogen-bond donors (Lipinski definition) is 0. The quantitative estimate of drug-likeness (QED) is 0.419. The van der Waals surface area contributed by atoms with Gasteiger partial charge in [0.05, 0.1) is 7.11 Å². The van der Waals surface area contributed by atoms with Crippen molar-refractivity contribution in [2.24, 2.45) is 0 Å². The zero-order valence-corrected chi connectivity index (χ0v) is 21.3. The van der Waals surface area contributed by atoms with E-state index < -0.39 is 0 Å². The number of benzene rings is 3. The van der Waals surface area contributed by atoms with E-state index in [9.17, 15) is 4.79 Å². The molecule has 0 atom stereocenters. The zero-order chi connectivity index (χ0) is 25.6. The average molecular weight is 501 g/mol. The van der Waals surface area contributed by atoms with Crippen molar-refractivity contribution in [2.75, 3.05) is 40.1 Å². The Morgan fingerprint density at radius 3 is 2.62 bits per heavy atom. The molecular formula is C30H32N2O5. The third-order valence-electron chi connectivity index (χ3n) is 6.63. The second-order valence-electron chi connectivity index (χ2n) is 9.30. The van der Waals surface area contributed by atoms with Gasteiger partial charge in [0.2, 0.25) is 12.7 Å². The van der Waals surface area contributed by atoms with Crippen LogP contribution in [0, 0.1) is 6.92 Å². The molecule has 3 aromatic carbocycles. The molecule has 0 unspecified atom stereocenters. The Bertz CT molecular complexity index is 1280. The number of carbonyl (C=O) groups excluding carboxylic acids is 1. The molecule has 0 radical (unpaired) electrons. The Kier molecular flexibility index (Phi) is 7.61. The summed E-state index contributed by atoms with van der Waals surface area (Å²) in [6.45, 7) is 6.59. The minimum absolute atomic E-state index is 0.0242. The topological polar surface area (TPSA) is 60.5 Å². The van der Waals surface area contributed by atoms with Gasteiger partial charge >= 0.3 is 0 Å². The second-order valence-corrected chi connectivity index (χ2v) is 9.30. The van der Waals surface area contributed by atoms with E-state index >= 15 is 0 Å². The summed E-state index contributed by atoms with van der Waals surface area (Å²) in [6.07, 6.45) is 3.51. The number of amides is 1. The lowest BCUT2D eigenvalue weighted by Crippen LogP contribution is -2.47. The van der Waals surface area contributed by atoms with Crippen LogP contribution in [0.5, 0.6) is 23.0 Å². The van der Waals surface area contributed by atoms with Crippen molar-refractivity contribution in [3.05, 3.63) is 89.0 Å². The monoisotopic (exact) mass is 500 g/mol. The summed E-state index contributed by atoms with van der Waals surface area (Å²) < 4.78 is 22.4. The predicted molar refractivity (Wildman–Crippen MR) is 142 cm³/mol. The van der Waals surface area contributed by atoms with Crippen molar-refractivity contribution in [2.45, 2.75) is 20.1 Å². The number of carbonyl (C=O) groups is 1. The van der Waals surface area contributed by atoms with Crippen molar-refractivity contribution in [1.29, 1.82) is 0 Å². The molecule has 192 valence electrons. The van der Waals surface area contributed by atoms with E-state index in [1.807, 2.05) is 72.5 Å². The maximum atomic E-state index is 12.9. The van der Waals surface area contributed by atoms with Gasteiger partial charge in [-0.25, -0.2) is 0 Å². The number of piperazine rings is 1. The second kappa shape index (κ2) is 11.4. The number of ether oxygens (including phenoxy) is 4. The van der Waals surface area contributed by atoms with Crippen molar-refractivity contribution in [1.82, 2.24) is 9.80 Å². The normalized spacial score (nSPS) is 15.2. The minimum Gasteiger partial charge on any atom is -0.496 e. The SMILES string of the molecule is COc1ccc(/C=C/C(=O)N2CCN(Cc3ccc4c(c3)OCO4)CC2)cc1COc1cccc(C)c1. The number of rotatable bonds is 8. The molecule has 0 aromatic heterocycles. The van der Waals surface area contributed by atoms with Crippen LogP contribution in [0.3, 0.4) is 0 Å². The Hall–Kier alpha value is -3.97. The van der Waals surface area contributed by atoms with Gasteiger partial charge in [-0.15, -0.1) is 0 Å². The van der Waals surface area contributed by atoms with Crippen LogP contribution in [0.25, 0.3) is 6.08 Å². The van der Waals surface area contributed by atoms with Gasteiger partial charge < -0.3 is 23.8 Å². The van der Waals surface area contributed by atoms with Gasteiger partial charge in [0.15, 0.2) is 11.5 Å². The highest BCUT2D eigenvalue weighted by molar-refractivity contribution is 5.91. The van der Waals surface area contributed by atoms with E-state index in [4.69, 9.17) is 18.9 Å². The summed E-state index contributed by atoms with van der Waals surface area (Å²) in [6, 6.07) is 19.9. The van der Waals surface area contributed by atoms with Crippen LogP contribution in [0.2, 0.25) is 0 Å². The molecule has 0 N–H and O–H groups in total. The first kappa shape index (κ1) is 24.7. The fourth-order valence-electron chi connectivity index (χ4n) is 4.58. The summed E-state index contributed by atoms with van der Waals surface area (Å²) in [5.41, 5.74) is 4.19. The molecule has 7 heteroatoms. The van der Waals surface area contributed by atoms with Crippen molar-refractivity contribution < 1.29 is 23.7 Å². The summed E-state index contributed by atoms with van der Waals surface area (Å²) >= 11 is 0. The standard InChI is InChI=1S/C30H32N2O5/c1-22-4-3-5-26(16-22)35-20-25-17-23(6-9-27(25)34-2)8-11-30(33)32-14-12-31(13-15-32)19-24-7-10-28-29(18-24)37-21-36-28/h3-11,16-18H,12-15,19-21H2,1-2H3/b11-8+. The van der Waals surface area contributed by atoms with Crippen LogP contribution in [0.4, 0.5) is 0 Å². The highest BCUT2D eigenvalue weighted by Crippen LogP contribution is 2.33. The molecule has 1 fully saturated rings. The lowest BCUT2D eigenvalue weighted by atomic mass is 10.1. The maximum Gasteiger partial charge on any atom is 0.246 e. The van der Waals surface area contributed by atoms with Gasteiger partial charge in [-0.05, 0) is 66.1 Å². The van der Waals surface area contributed by atoms with Gasteiger partial charge in [0, 0.05) is 44.4 Å². The molecule has 2 aliphatic rings. The fourth-order valence-corrected chi connectivity index (χ4v) is 4.58. The predicted octanol–water partition coefficient (Wildman–Crippen LogP) is 4.67. The van der Waals surface area contributed by atoms with E-state index in [1.165, 1.54) is 5.56 Å². The smallest absolute Gasteiger partial charge is 0.246 e. The third-order valence-corrected chi connectivity index (χ3v) is 6.63. The van der Waals surface area contributed by atoms with E-state index in [-0.39, 0.29) is 12.7 Å². The summed E-state index contributed by atoms with van der Waals surface area (Å²) in [4.78, 5) is 17.1. The molecule has 1 saturated heterocycles. The first-order valence-electron chi connectivity index (χ1n) is 12.5. The van der Waals surface area contributed by atoms with Crippen LogP contribution in [-0.2, 0) is 17.9 Å². The molecule has 37 heavy (non-hydrogen) atoms. The number of hydrogen-bond acceptors (Lipinski definition) is 6. The van der Waals surface area contributed by atoms with Gasteiger partial charge in [0.25, 0.3) is 0 Å². The molecule has 0 aliphatic carbocycles. The zero-order valence-electron chi connectivity index (χ0n) is 21.3. The number of fused-ring (bicyclic) bond motifs is 1. The van der Waals surface area contributed by atoms with Gasteiger partial charge in [-0.2, -0.15) is 0 Å². The van der Waals surface area contributed by atoms with Crippen LogP contribution >= 0.6 is 0 Å². The number of aryl methyl sites for hydroxylation is 1. The highest BCUT2D eigenvalue weighted by atomic mass is 16.7. The largest absolute Gasteiger partial charge is 0.496 e. The minimum atomic E-state index is 0.0242. The molecule has 2 heterocycles. The van der Waals surface area contributed by atoms with Gasteiger partial charge in [-0.3, -0.25) is 9.69 Å². The first-order valence-corrected chi connectivity index (χ1v) is 12.5. The van der Waals surface area contributed by atoms with Crippen LogP contribution in [0.1, 0.15) is 22.3 Å². The van der Waals surface area contributed by atoms with Crippen LogP contribution in [-0.4, -0.2) is 55.8 Å². The Balaban J connectivity index is 1.14. The average Bonchev–Trinajstić information content (AvgIpc) is 3.39. The summed E-state index contributed by atoms with van der Waals surface area (Å²) in [5, 5.41) is 0. The molecule has 0 bridgehead atoms. The molecule has 5 rings (SSSR count). The Labute approximate surface area is 217 Å². The van der Waals surface area contributed by atoms with Crippen molar-refractivity contribution in [3.63, 3.8) is 0 Å². The van der Waals surface area contributed by atoms with E-state index in [0.29, 0.717) is 19.7 Å². The Morgan fingerprint density at radius 2 is 1.81 bits per heavy atom.